The highest BCUT2D eigenvalue weighted by molar-refractivity contribution is 6.61. The van der Waals surface area contributed by atoms with Gasteiger partial charge < -0.3 is 18.3 Å². The Morgan fingerprint density at radius 3 is 2.43 bits per heavy atom. The molecular formula is C16H25O4Si. The largest absolute Gasteiger partial charge is 0.423 e. The molecule has 0 N–H and O–H groups in total. The molecule has 2 rings (SSSR count). The Balaban J connectivity index is 2.15. The van der Waals surface area contributed by atoms with Crippen LogP contribution in [0.3, 0.4) is 0 Å². The second kappa shape index (κ2) is 8.65. The van der Waals surface area contributed by atoms with Crippen molar-refractivity contribution in [3.8, 4) is 0 Å². The van der Waals surface area contributed by atoms with E-state index in [9.17, 15) is 0 Å². The van der Waals surface area contributed by atoms with Gasteiger partial charge in [-0.2, -0.15) is 0 Å². The van der Waals surface area contributed by atoms with Gasteiger partial charge in [0.05, 0.1) is 19.3 Å². The van der Waals surface area contributed by atoms with Crippen molar-refractivity contribution in [2.45, 2.75) is 39.4 Å². The van der Waals surface area contributed by atoms with Gasteiger partial charge in [-0.1, -0.05) is 31.2 Å². The van der Waals surface area contributed by atoms with E-state index >= 15 is 0 Å². The molecule has 0 aromatic heterocycles. The molecule has 1 aromatic rings. The van der Waals surface area contributed by atoms with Crippen LogP contribution in [0, 0.1) is 0 Å². The summed E-state index contributed by atoms with van der Waals surface area (Å²) in [5.74, 6) is 0. The van der Waals surface area contributed by atoms with Gasteiger partial charge in [-0.05, 0) is 25.8 Å². The maximum Gasteiger partial charge on any atom is 0.423 e. The molecule has 1 aromatic carbocycles. The molecule has 0 aliphatic carbocycles. The second-order valence-electron chi connectivity index (χ2n) is 4.93. The number of hydrogen-bond acceptors (Lipinski definition) is 4. The fraction of sp³-hybridized carbons (Fsp3) is 0.625. The van der Waals surface area contributed by atoms with E-state index in [4.69, 9.17) is 18.3 Å². The summed E-state index contributed by atoms with van der Waals surface area (Å²) in [6, 6.07) is 8.32. The summed E-state index contributed by atoms with van der Waals surface area (Å²) in [5, 5.41) is 1.16. The van der Waals surface area contributed by atoms with Gasteiger partial charge in [0, 0.05) is 18.4 Å². The molecule has 0 spiro atoms. The summed E-state index contributed by atoms with van der Waals surface area (Å²) in [6.45, 7) is 8.97. The Bertz CT molecular complexity index is 416. The minimum absolute atomic E-state index is 0.0753. The number of hydrogen-bond donors (Lipinski definition) is 0. The Kier molecular flexibility index (Phi) is 6.86. The van der Waals surface area contributed by atoms with Crippen LogP contribution in [0.5, 0.6) is 0 Å². The van der Waals surface area contributed by atoms with Gasteiger partial charge in [-0.3, -0.25) is 0 Å². The van der Waals surface area contributed by atoms with Gasteiger partial charge in [-0.15, -0.1) is 0 Å². The van der Waals surface area contributed by atoms with Crippen LogP contribution in [0.2, 0.25) is 0 Å². The first-order valence-electron chi connectivity index (χ1n) is 7.75. The van der Waals surface area contributed by atoms with Crippen molar-refractivity contribution >= 4 is 14.5 Å². The van der Waals surface area contributed by atoms with Crippen LogP contribution in [-0.4, -0.2) is 41.8 Å². The number of epoxide rings is 1. The van der Waals surface area contributed by atoms with Crippen LogP contribution >= 0.6 is 0 Å². The van der Waals surface area contributed by atoms with Crippen LogP contribution in [-0.2, 0) is 18.3 Å². The highest BCUT2D eigenvalue weighted by Gasteiger charge is 2.28. The Morgan fingerprint density at radius 2 is 1.86 bits per heavy atom. The van der Waals surface area contributed by atoms with Crippen LogP contribution in [0.1, 0.15) is 38.9 Å². The van der Waals surface area contributed by atoms with Gasteiger partial charge >= 0.3 is 9.28 Å². The third-order valence-corrected chi connectivity index (χ3v) is 5.33. The highest BCUT2D eigenvalue weighted by Crippen LogP contribution is 2.22. The summed E-state index contributed by atoms with van der Waals surface area (Å²) in [7, 11) is -1.44. The van der Waals surface area contributed by atoms with Crippen molar-refractivity contribution in [3.05, 3.63) is 29.8 Å². The fourth-order valence-corrected chi connectivity index (χ4v) is 3.87. The van der Waals surface area contributed by atoms with Crippen LogP contribution in [0.15, 0.2) is 24.3 Å². The molecule has 1 saturated heterocycles. The van der Waals surface area contributed by atoms with Crippen LogP contribution in [0.25, 0.3) is 0 Å². The molecule has 1 heterocycles. The Labute approximate surface area is 129 Å². The lowest BCUT2D eigenvalue weighted by Crippen LogP contribution is -2.40. The van der Waals surface area contributed by atoms with Crippen molar-refractivity contribution < 1.29 is 18.3 Å². The molecule has 0 saturated carbocycles. The first-order valence-corrected chi connectivity index (χ1v) is 9.06. The zero-order valence-corrected chi connectivity index (χ0v) is 14.1. The van der Waals surface area contributed by atoms with Gasteiger partial charge in [-0.25, -0.2) is 0 Å². The average Bonchev–Trinajstić information content (AvgIpc) is 3.32. The summed E-state index contributed by atoms with van der Waals surface area (Å²) >= 11 is 0. The number of ether oxygens (including phenoxy) is 2. The molecule has 1 radical (unpaired) electrons. The van der Waals surface area contributed by atoms with E-state index in [0.717, 1.165) is 18.2 Å². The summed E-state index contributed by atoms with van der Waals surface area (Å²) in [5.41, 5.74) is 1.19. The smallest absolute Gasteiger partial charge is 0.390 e. The van der Waals surface area contributed by atoms with Gasteiger partial charge in [0.25, 0.3) is 0 Å². The van der Waals surface area contributed by atoms with E-state index in [2.05, 4.69) is 25.1 Å². The standard InChI is InChI=1S/C16H25O4Si/c1-4-15(18-12-13-11-17-13)14-9-7-8-10-16(14)21(19-5-2)20-6-3/h7-10,13,15H,4-6,11-12H2,1-3H3. The molecular weight excluding hydrogens is 284 g/mol. The molecule has 1 fully saturated rings. The van der Waals surface area contributed by atoms with Crippen LogP contribution < -0.4 is 5.19 Å². The lowest BCUT2D eigenvalue weighted by Gasteiger charge is -2.22. The molecule has 0 amide bonds. The average molecular weight is 309 g/mol. The first kappa shape index (κ1) is 16.6. The lowest BCUT2D eigenvalue weighted by atomic mass is 10.1. The zero-order chi connectivity index (χ0) is 15.1. The molecule has 0 bridgehead atoms. The van der Waals surface area contributed by atoms with E-state index in [1.54, 1.807) is 0 Å². The molecule has 2 unspecified atom stereocenters. The van der Waals surface area contributed by atoms with Crippen molar-refractivity contribution in [1.29, 1.82) is 0 Å². The van der Waals surface area contributed by atoms with Crippen molar-refractivity contribution in [3.63, 3.8) is 0 Å². The van der Waals surface area contributed by atoms with Crippen molar-refractivity contribution in [2.75, 3.05) is 26.4 Å². The van der Waals surface area contributed by atoms with Gasteiger partial charge in [0.2, 0.25) is 0 Å². The van der Waals surface area contributed by atoms with Crippen molar-refractivity contribution in [1.82, 2.24) is 0 Å². The second-order valence-corrected chi connectivity index (χ2v) is 6.62. The van der Waals surface area contributed by atoms with Crippen LogP contribution in [0.4, 0.5) is 0 Å². The third-order valence-electron chi connectivity index (χ3n) is 3.33. The van der Waals surface area contributed by atoms with Crippen molar-refractivity contribution in [2.24, 2.45) is 0 Å². The molecule has 117 valence electrons. The fourth-order valence-electron chi connectivity index (χ4n) is 2.24. The number of benzene rings is 1. The highest BCUT2D eigenvalue weighted by atomic mass is 28.3. The van der Waals surface area contributed by atoms with E-state index in [1.807, 2.05) is 19.9 Å². The third kappa shape index (κ3) is 4.90. The Hall–Kier alpha value is -0.723. The quantitative estimate of drug-likeness (QED) is 0.491. The lowest BCUT2D eigenvalue weighted by molar-refractivity contribution is 0.0398. The minimum Gasteiger partial charge on any atom is -0.390 e. The zero-order valence-electron chi connectivity index (χ0n) is 13.1. The van der Waals surface area contributed by atoms with Gasteiger partial charge in [0.15, 0.2) is 0 Å². The van der Waals surface area contributed by atoms with E-state index in [-0.39, 0.29) is 12.2 Å². The topological polar surface area (TPSA) is 40.2 Å². The predicted octanol–water partition coefficient (Wildman–Crippen LogP) is 2.32. The Morgan fingerprint density at radius 1 is 1.19 bits per heavy atom. The first-order chi connectivity index (χ1) is 10.3. The summed E-state index contributed by atoms with van der Waals surface area (Å²) in [4.78, 5) is 0. The maximum absolute atomic E-state index is 6.03. The molecule has 1 aliphatic rings. The normalized spacial score (nSPS) is 19.0. The molecule has 5 heteroatoms. The van der Waals surface area contributed by atoms with E-state index < -0.39 is 9.28 Å². The van der Waals surface area contributed by atoms with E-state index in [1.165, 1.54) is 5.56 Å². The monoisotopic (exact) mass is 309 g/mol. The number of rotatable bonds is 10. The summed E-state index contributed by atoms with van der Waals surface area (Å²) < 4.78 is 22.9. The summed E-state index contributed by atoms with van der Waals surface area (Å²) in [6.07, 6.45) is 1.29. The molecule has 2 atom stereocenters. The molecule has 1 aliphatic heterocycles. The predicted molar refractivity (Wildman–Crippen MR) is 83.8 cm³/mol. The molecule has 21 heavy (non-hydrogen) atoms. The molecule has 4 nitrogen and oxygen atoms in total. The maximum atomic E-state index is 6.03. The minimum atomic E-state index is -1.44. The van der Waals surface area contributed by atoms with Gasteiger partial charge in [0.1, 0.15) is 6.10 Å². The SMILES string of the molecule is CCO[Si](OCC)c1ccccc1C(CC)OCC1CO1. The van der Waals surface area contributed by atoms with E-state index in [0.29, 0.717) is 19.8 Å².